The molecule has 0 unspecified atom stereocenters. The molecule has 0 amide bonds. The third-order valence-corrected chi connectivity index (χ3v) is 6.31. The van der Waals surface area contributed by atoms with E-state index in [2.05, 4.69) is 65.5 Å². The number of ether oxygens (including phenoxy) is 1. The molecule has 2 aromatic carbocycles. The number of unbranched alkanes of at least 4 members (excludes halogenated alkanes) is 1. The minimum absolute atomic E-state index is 0.363. The van der Waals surface area contributed by atoms with E-state index < -0.39 is 0 Å². The van der Waals surface area contributed by atoms with E-state index in [-0.39, 0.29) is 6.23 Å². The third-order valence-electron chi connectivity index (χ3n) is 5.39. The van der Waals surface area contributed by atoms with Crippen molar-refractivity contribution in [2.45, 2.75) is 45.0 Å². The van der Waals surface area contributed by atoms with Gasteiger partial charge in [-0.05, 0) is 38.5 Å². The molecule has 0 saturated carbocycles. The lowest BCUT2D eigenvalue weighted by Gasteiger charge is -2.23. The molecule has 1 aliphatic rings. The standard InChI is InChI=1S/C24H29N5OS/c1-4-7-16-31-24-26-23-21(27-28-24)19-10-8-9-11-20(19)25-22(30-23)17-12-14-18(15-13-17)29(5-2)6-3/h8-15,22,25H,4-7,16H2,1-3H3/t22-/m1/s1. The number of para-hydroxylation sites is 1. The summed E-state index contributed by atoms with van der Waals surface area (Å²) in [7, 11) is 0. The molecule has 4 rings (SSSR count). The normalized spacial score (nSPS) is 14.6. The molecule has 1 N–H and O–H groups in total. The molecular weight excluding hydrogens is 406 g/mol. The van der Waals surface area contributed by atoms with Crippen LogP contribution in [0.15, 0.2) is 53.7 Å². The molecule has 1 atom stereocenters. The van der Waals surface area contributed by atoms with E-state index in [4.69, 9.17) is 9.72 Å². The minimum atomic E-state index is -0.363. The lowest BCUT2D eigenvalue weighted by molar-refractivity contribution is 0.225. The fourth-order valence-corrected chi connectivity index (χ4v) is 4.48. The number of fused-ring (bicyclic) bond motifs is 3. The molecule has 0 fully saturated rings. The molecule has 0 radical (unpaired) electrons. The van der Waals surface area contributed by atoms with Gasteiger partial charge in [-0.15, -0.1) is 10.2 Å². The monoisotopic (exact) mass is 435 g/mol. The van der Waals surface area contributed by atoms with Gasteiger partial charge < -0.3 is 15.0 Å². The highest BCUT2D eigenvalue weighted by atomic mass is 32.2. The second-order valence-electron chi connectivity index (χ2n) is 7.40. The summed E-state index contributed by atoms with van der Waals surface area (Å²) in [6.07, 6.45) is 1.90. The zero-order valence-corrected chi connectivity index (χ0v) is 19.2. The average Bonchev–Trinajstić information content (AvgIpc) is 2.97. The van der Waals surface area contributed by atoms with E-state index in [1.54, 1.807) is 11.8 Å². The molecular formula is C24H29N5OS. The van der Waals surface area contributed by atoms with Gasteiger partial charge in [0.2, 0.25) is 11.0 Å². The topological polar surface area (TPSA) is 63.2 Å². The highest BCUT2D eigenvalue weighted by Gasteiger charge is 2.26. The van der Waals surface area contributed by atoms with E-state index in [9.17, 15) is 0 Å². The van der Waals surface area contributed by atoms with Crippen molar-refractivity contribution >= 4 is 23.1 Å². The number of nitrogens with zero attached hydrogens (tertiary/aromatic N) is 4. The molecule has 6 nitrogen and oxygen atoms in total. The number of nitrogens with one attached hydrogen (secondary N) is 1. The van der Waals surface area contributed by atoms with Gasteiger partial charge in [0.1, 0.15) is 0 Å². The van der Waals surface area contributed by atoms with E-state index in [1.165, 1.54) is 5.69 Å². The third kappa shape index (κ3) is 4.77. The number of aromatic nitrogens is 3. The van der Waals surface area contributed by atoms with Crippen LogP contribution >= 0.6 is 11.8 Å². The van der Waals surface area contributed by atoms with Crippen LogP contribution in [0.5, 0.6) is 5.88 Å². The Kier molecular flexibility index (Phi) is 6.92. The van der Waals surface area contributed by atoms with Crippen LogP contribution in [-0.2, 0) is 0 Å². The Morgan fingerprint density at radius 3 is 2.52 bits per heavy atom. The van der Waals surface area contributed by atoms with Crippen molar-refractivity contribution in [3.8, 4) is 17.1 Å². The molecule has 3 aromatic rings. The van der Waals surface area contributed by atoms with Gasteiger partial charge in [-0.3, -0.25) is 0 Å². The maximum Gasteiger partial charge on any atom is 0.247 e. The van der Waals surface area contributed by atoms with Gasteiger partial charge in [-0.1, -0.05) is 55.4 Å². The van der Waals surface area contributed by atoms with Crippen molar-refractivity contribution in [3.63, 3.8) is 0 Å². The fourth-order valence-electron chi connectivity index (χ4n) is 3.62. The van der Waals surface area contributed by atoms with E-state index in [0.29, 0.717) is 16.7 Å². The quantitative estimate of drug-likeness (QED) is 0.355. The zero-order valence-electron chi connectivity index (χ0n) is 18.3. The van der Waals surface area contributed by atoms with Crippen molar-refractivity contribution in [1.82, 2.24) is 15.2 Å². The second kappa shape index (κ2) is 10.0. The van der Waals surface area contributed by atoms with Crippen LogP contribution in [0, 0.1) is 0 Å². The number of thioether (sulfide) groups is 1. The summed E-state index contributed by atoms with van der Waals surface area (Å²) in [6, 6.07) is 16.6. The number of benzene rings is 2. The highest BCUT2D eigenvalue weighted by molar-refractivity contribution is 7.99. The number of anilines is 2. The lowest BCUT2D eigenvalue weighted by atomic mass is 10.1. The van der Waals surface area contributed by atoms with Gasteiger partial charge >= 0.3 is 0 Å². The van der Waals surface area contributed by atoms with Gasteiger partial charge in [-0.25, -0.2) is 0 Å². The first-order valence-corrected chi connectivity index (χ1v) is 12.0. The molecule has 1 aromatic heterocycles. The molecule has 0 bridgehead atoms. The van der Waals surface area contributed by atoms with Gasteiger partial charge in [0.05, 0.1) is 0 Å². The molecule has 162 valence electrons. The largest absolute Gasteiger partial charge is 0.448 e. The van der Waals surface area contributed by atoms with Crippen LogP contribution in [0.1, 0.15) is 45.4 Å². The molecule has 7 heteroatoms. The first-order valence-electron chi connectivity index (χ1n) is 11.0. The molecule has 0 aliphatic carbocycles. The summed E-state index contributed by atoms with van der Waals surface area (Å²) >= 11 is 1.62. The first-order chi connectivity index (χ1) is 15.2. The van der Waals surface area contributed by atoms with Gasteiger partial charge in [-0.2, -0.15) is 4.98 Å². The summed E-state index contributed by atoms with van der Waals surface area (Å²) in [5, 5.41) is 13.0. The van der Waals surface area contributed by atoms with Gasteiger partial charge in [0.25, 0.3) is 0 Å². The maximum absolute atomic E-state index is 6.37. The first kappa shape index (κ1) is 21.4. The Balaban J connectivity index is 1.67. The highest BCUT2D eigenvalue weighted by Crippen LogP contribution is 2.39. The van der Waals surface area contributed by atoms with Crippen molar-refractivity contribution in [3.05, 3.63) is 54.1 Å². The Bertz CT molecular complexity index is 1010. The summed E-state index contributed by atoms with van der Waals surface area (Å²) in [4.78, 5) is 7.04. The van der Waals surface area contributed by atoms with Crippen molar-refractivity contribution in [2.24, 2.45) is 0 Å². The van der Waals surface area contributed by atoms with Crippen molar-refractivity contribution < 1.29 is 4.74 Å². The van der Waals surface area contributed by atoms with Crippen LogP contribution in [-0.4, -0.2) is 34.0 Å². The molecule has 31 heavy (non-hydrogen) atoms. The molecule has 0 saturated heterocycles. The molecule has 1 aliphatic heterocycles. The molecule has 0 spiro atoms. The predicted octanol–water partition coefficient (Wildman–Crippen LogP) is 5.78. The van der Waals surface area contributed by atoms with Crippen molar-refractivity contribution in [1.29, 1.82) is 0 Å². The summed E-state index contributed by atoms with van der Waals surface area (Å²) in [6.45, 7) is 8.48. The van der Waals surface area contributed by atoms with Crippen LogP contribution in [0.2, 0.25) is 0 Å². The Morgan fingerprint density at radius 2 is 1.77 bits per heavy atom. The number of rotatable bonds is 8. The van der Waals surface area contributed by atoms with Gasteiger partial charge in [0, 0.05) is 41.3 Å². The van der Waals surface area contributed by atoms with Crippen LogP contribution in [0.4, 0.5) is 11.4 Å². The maximum atomic E-state index is 6.37. The summed E-state index contributed by atoms with van der Waals surface area (Å²) in [5.74, 6) is 1.49. The summed E-state index contributed by atoms with van der Waals surface area (Å²) < 4.78 is 6.37. The summed E-state index contributed by atoms with van der Waals surface area (Å²) in [5.41, 5.74) is 4.83. The van der Waals surface area contributed by atoms with Crippen LogP contribution < -0.4 is 15.0 Å². The predicted molar refractivity (Wildman–Crippen MR) is 128 cm³/mol. The van der Waals surface area contributed by atoms with E-state index in [0.717, 1.165) is 48.5 Å². The number of hydrogen-bond donors (Lipinski definition) is 1. The fraction of sp³-hybridized carbons (Fsp3) is 0.375. The Hall–Kier alpha value is -2.80. The van der Waals surface area contributed by atoms with Crippen LogP contribution in [0.25, 0.3) is 11.3 Å². The lowest BCUT2D eigenvalue weighted by Crippen LogP contribution is -2.22. The molecule has 2 heterocycles. The Morgan fingerprint density at radius 1 is 1.00 bits per heavy atom. The van der Waals surface area contributed by atoms with Crippen molar-refractivity contribution in [2.75, 3.05) is 29.1 Å². The zero-order chi connectivity index (χ0) is 21.6. The second-order valence-corrected chi connectivity index (χ2v) is 8.46. The van der Waals surface area contributed by atoms with Gasteiger partial charge in [0.15, 0.2) is 11.9 Å². The Labute approximate surface area is 188 Å². The smallest absolute Gasteiger partial charge is 0.247 e. The van der Waals surface area contributed by atoms with E-state index in [1.807, 2.05) is 24.3 Å². The average molecular weight is 436 g/mol. The van der Waals surface area contributed by atoms with E-state index >= 15 is 0 Å². The number of hydrogen-bond acceptors (Lipinski definition) is 7. The van der Waals surface area contributed by atoms with Crippen LogP contribution in [0.3, 0.4) is 0 Å². The SMILES string of the molecule is CCCCSc1nnc2c(n1)O[C@H](c1ccc(N(CC)CC)cc1)Nc1ccccc1-2. The minimum Gasteiger partial charge on any atom is -0.448 e.